The highest BCUT2D eigenvalue weighted by molar-refractivity contribution is 5.34. The van der Waals surface area contributed by atoms with E-state index in [1.165, 1.54) is 23.4 Å². The molecule has 0 saturated carbocycles. The summed E-state index contributed by atoms with van der Waals surface area (Å²) >= 11 is 0. The highest BCUT2D eigenvalue weighted by Gasteiger charge is 2.32. The number of hydrogen-bond donors (Lipinski definition) is 1. The van der Waals surface area contributed by atoms with Crippen molar-refractivity contribution in [2.75, 3.05) is 0 Å². The first-order valence-corrected chi connectivity index (χ1v) is 7.26. The van der Waals surface area contributed by atoms with Gasteiger partial charge in [0, 0.05) is 11.1 Å². The van der Waals surface area contributed by atoms with Gasteiger partial charge in [0.1, 0.15) is 5.82 Å². The van der Waals surface area contributed by atoms with Gasteiger partial charge >= 0.3 is 0 Å². The van der Waals surface area contributed by atoms with Crippen molar-refractivity contribution in [3.63, 3.8) is 0 Å². The molecule has 1 aliphatic rings. The van der Waals surface area contributed by atoms with Crippen molar-refractivity contribution in [1.82, 2.24) is 9.97 Å². The van der Waals surface area contributed by atoms with Crippen LogP contribution in [0.2, 0.25) is 0 Å². The van der Waals surface area contributed by atoms with Crippen LogP contribution in [0.1, 0.15) is 76.8 Å². The van der Waals surface area contributed by atoms with Crippen LogP contribution >= 0.6 is 0 Å². The van der Waals surface area contributed by atoms with E-state index in [1.807, 2.05) is 6.92 Å². The molecule has 106 valence electrons. The monoisotopic (exact) mass is 261 g/mol. The number of aryl methyl sites for hydroxylation is 1. The highest BCUT2D eigenvalue weighted by atomic mass is 14.9. The summed E-state index contributed by atoms with van der Waals surface area (Å²) in [5, 5.41) is 0. The molecule has 0 bridgehead atoms. The second kappa shape index (κ2) is 4.55. The highest BCUT2D eigenvalue weighted by Crippen LogP contribution is 2.38. The second-order valence-electron chi connectivity index (χ2n) is 7.74. The molecule has 1 aromatic heterocycles. The van der Waals surface area contributed by atoms with Crippen molar-refractivity contribution in [2.45, 2.75) is 72.3 Å². The molecule has 0 saturated heterocycles. The predicted octanol–water partition coefficient (Wildman–Crippen LogP) is 3.31. The Bertz CT molecular complexity index is 482. The van der Waals surface area contributed by atoms with Crippen molar-refractivity contribution in [2.24, 2.45) is 11.1 Å². The van der Waals surface area contributed by atoms with Gasteiger partial charge in [-0.05, 0) is 37.2 Å². The minimum absolute atomic E-state index is 0.0457. The molecule has 2 rings (SSSR count). The van der Waals surface area contributed by atoms with Gasteiger partial charge < -0.3 is 5.73 Å². The third-order valence-corrected chi connectivity index (χ3v) is 3.92. The van der Waals surface area contributed by atoms with Gasteiger partial charge in [0.25, 0.3) is 0 Å². The smallest absolute Gasteiger partial charge is 0.145 e. The molecule has 0 spiro atoms. The van der Waals surface area contributed by atoms with E-state index in [1.54, 1.807) is 0 Å². The summed E-state index contributed by atoms with van der Waals surface area (Å²) in [4.78, 5) is 9.50. The Balaban J connectivity index is 2.60. The van der Waals surface area contributed by atoms with E-state index in [0.29, 0.717) is 5.41 Å². The Labute approximate surface area is 117 Å². The van der Waals surface area contributed by atoms with Gasteiger partial charge in [-0.2, -0.15) is 0 Å². The van der Waals surface area contributed by atoms with Gasteiger partial charge in [0.2, 0.25) is 0 Å². The van der Waals surface area contributed by atoms with E-state index >= 15 is 0 Å². The van der Waals surface area contributed by atoms with Crippen molar-refractivity contribution >= 4 is 0 Å². The Kier molecular flexibility index (Phi) is 3.46. The molecular weight excluding hydrogens is 234 g/mol. The Morgan fingerprint density at radius 1 is 1.21 bits per heavy atom. The van der Waals surface area contributed by atoms with E-state index in [4.69, 9.17) is 15.7 Å². The summed E-state index contributed by atoms with van der Waals surface area (Å²) in [5.41, 5.74) is 10.2. The molecule has 0 radical (unpaired) electrons. The summed E-state index contributed by atoms with van der Waals surface area (Å²) in [6.45, 7) is 13.3. The van der Waals surface area contributed by atoms with Crippen LogP contribution in [-0.4, -0.2) is 9.97 Å². The maximum atomic E-state index is 5.99. The van der Waals surface area contributed by atoms with E-state index in [2.05, 4.69) is 34.6 Å². The fourth-order valence-corrected chi connectivity index (χ4v) is 2.79. The molecule has 1 aliphatic carbocycles. The Morgan fingerprint density at radius 3 is 2.37 bits per heavy atom. The number of rotatable bonds is 1. The quantitative estimate of drug-likeness (QED) is 0.843. The predicted molar refractivity (Wildman–Crippen MR) is 79.1 cm³/mol. The molecule has 1 atom stereocenters. The third-order valence-electron chi connectivity index (χ3n) is 3.92. The number of hydrogen-bond acceptors (Lipinski definition) is 3. The minimum Gasteiger partial charge on any atom is -0.322 e. The third kappa shape index (κ3) is 2.97. The molecule has 0 aromatic carbocycles. The molecule has 1 aromatic rings. The van der Waals surface area contributed by atoms with Crippen LogP contribution < -0.4 is 5.73 Å². The van der Waals surface area contributed by atoms with Crippen LogP contribution in [0.3, 0.4) is 0 Å². The molecule has 19 heavy (non-hydrogen) atoms. The zero-order chi connectivity index (χ0) is 14.4. The number of fused-ring (bicyclic) bond motifs is 1. The fraction of sp³-hybridized carbons (Fsp3) is 0.750. The largest absolute Gasteiger partial charge is 0.322 e. The van der Waals surface area contributed by atoms with E-state index < -0.39 is 0 Å². The summed E-state index contributed by atoms with van der Waals surface area (Å²) in [5.74, 6) is 0.795. The van der Waals surface area contributed by atoms with Crippen LogP contribution in [0.4, 0.5) is 0 Å². The standard InChI is InChI=1S/C16H27N3/c1-10(17)14-18-12-7-8-16(5,6)9-11(12)13(19-14)15(2,3)4/h10H,7-9,17H2,1-6H3. The molecule has 1 unspecified atom stereocenters. The summed E-state index contributed by atoms with van der Waals surface area (Å²) < 4.78 is 0. The van der Waals surface area contributed by atoms with E-state index in [0.717, 1.165) is 18.7 Å². The van der Waals surface area contributed by atoms with Gasteiger partial charge in [-0.3, -0.25) is 0 Å². The minimum atomic E-state index is -0.0960. The zero-order valence-corrected chi connectivity index (χ0v) is 13.2. The molecule has 1 heterocycles. The van der Waals surface area contributed by atoms with E-state index in [-0.39, 0.29) is 11.5 Å². The molecule has 0 fully saturated rings. The number of nitrogens with zero attached hydrogens (tertiary/aromatic N) is 2. The van der Waals surface area contributed by atoms with Gasteiger partial charge in [-0.25, -0.2) is 9.97 Å². The summed E-state index contributed by atoms with van der Waals surface area (Å²) in [6, 6.07) is -0.0960. The lowest BCUT2D eigenvalue weighted by Crippen LogP contribution is -2.30. The SMILES string of the molecule is CC(N)c1nc2c(c(C(C)(C)C)n1)CC(C)(C)CC2. The Hall–Kier alpha value is -0.960. The first-order chi connectivity index (χ1) is 8.60. The van der Waals surface area contributed by atoms with Crippen LogP contribution in [-0.2, 0) is 18.3 Å². The van der Waals surface area contributed by atoms with Crippen LogP contribution in [0, 0.1) is 5.41 Å². The number of nitrogens with two attached hydrogens (primary N) is 1. The van der Waals surface area contributed by atoms with Gasteiger partial charge in [-0.15, -0.1) is 0 Å². The average Bonchev–Trinajstić information content (AvgIpc) is 2.24. The molecule has 0 amide bonds. The van der Waals surface area contributed by atoms with Gasteiger partial charge in [0.05, 0.1) is 11.7 Å². The lowest BCUT2D eigenvalue weighted by molar-refractivity contribution is 0.306. The van der Waals surface area contributed by atoms with Gasteiger partial charge in [0.15, 0.2) is 0 Å². The molecule has 3 nitrogen and oxygen atoms in total. The normalized spacial score (nSPS) is 19.9. The molecule has 2 N–H and O–H groups in total. The van der Waals surface area contributed by atoms with Crippen molar-refractivity contribution in [3.05, 3.63) is 22.8 Å². The lowest BCUT2D eigenvalue weighted by Gasteiger charge is -2.34. The van der Waals surface area contributed by atoms with Crippen molar-refractivity contribution < 1.29 is 0 Å². The lowest BCUT2D eigenvalue weighted by atomic mass is 9.73. The first kappa shape index (κ1) is 14.4. The van der Waals surface area contributed by atoms with Crippen LogP contribution in [0.5, 0.6) is 0 Å². The topological polar surface area (TPSA) is 51.8 Å². The maximum Gasteiger partial charge on any atom is 0.145 e. The maximum absolute atomic E-state index is 5.99. The Morgan fingerprint density at radius 2 is 1.84 bits per heavy atom. The average molecular weight is 261 g/mol. The zero-order valence-electron chi connectivity index (χ0n) is 13.2. The van der Waals surface area contributed by atoms with Crippen LogP contribution in [0.15, 0.2) is 0 Å². The summed E-state index contributed by atoms with van der Waals surface area (Å²) in [6.07, 6.45) is 3.32. The molecule has 3 heteroatoms. The van der Waals surface area contributed by atoms with E-state index in [9.17, 15) is 0 Å². The number of aromatic nitrogens is 2. The second-order valence-corrected chi connectivity index (χ2v) is 7.74. The van der Waals surface area contributed by atoms with Crippen molar-refractivity contribution in [1.29, 1.82) is 0 Å². The molecular formula is C16H27N3. The molecule has 0 aliphatic heterocycles. The van der Waals surface area contributed by atoms with Crippen molar-refractivity contribution in [3.8, 4) is 0 Å². The fourth-order valence-electron chi connectivity index (χ4n) is 2.79. The first-order valence-electron chi connectivity index (χ1n) is 7.26. The van der Waals surface area contributed by atoms with Gasteiger partial charge in [-0.1, -0.05) is 34.6 Å². The summed E-state index contributed by atoms with van der Waals surface area (Å²) in [7, 11) is 0. The van der Waals surface area contributed by atoms with Crippen LogP contribution in [0.25, 0.3) is 0 Å².